The summed E-state index contributed by atoms with van der Waals surface area (Å²) in [6.45, 7) is 5.89. The maximum absolute atomic E-state index is 13.5. The van der Waals surface area contributed by atoms with E-state index in [-0.39, 0.29) is 17.8 Å². The molecule has 2 aromatic heterocycles. The van der Waals surface area contributed by atoms with Gasteiger partial charge in [-0.3, -0.25) is 13.9 Å². The zero-order valence-electron chi connectivity index (χ0n) is 17.9. The van der Waals surface area contributed by atoms with Crippen molar-refractivity contribution in [2.45, 2.75) is 26.9 Å². The van der Waals surface area contributed by atoms with Gasteiger partial charge in [-0.1, -0.05) is 55.0 Å². The van der Waals surface area contributed by atoms with Crippen LogP contribution in [0.4, 0.5) is 11.6 Å². The zero-order valence-corrected chi connectivity index (χ0v) is 17.9. The van der Waals surface area contributed by atoms with Crippen molar-refractivity contribution in [3.05, 3.63) is 86.6 Å². The molecular weight excluding hydrogens is 390 g/mol. The molecule has 158 valence electrons. The molecule has 5 rings (SSSR count). The lowest BCUT2D eigenvalue weighted by atomic mass is 10.1. The third kappa shape index (κ3) is 3.17. The zero-order chi connectivity index (χ0) is 21.7. The van der Waals surface area contributed by atoms with E-state index in [1.54, 1.807) is 7.05 Å². The monoisotopic (exact) mass is 415 g/mol. The molecule has 0 saturated heterocycles. The topological polar surface area (TPSA) is 65.1 Å². The molecule has 0 bridgehead atoms. The molecule has 1 aliphatic rings. The van der Waals surface area contributed by atoms with Crippen LogP contribution in [0.15, 0.2) is 64.2 Å². The number of rotatable bonds is 3. The average molecular weight is 415 g/mol. The summed E-state index contributed by atoms with van der Waals surface area (Å²) in [7, 11) is 1.69. The normalized spacial score (nSPS) is 16.0. The second kappa shape index (κ2) is 7.27. The van der Waals surface area contributed by atoms with Crippen LogP contribution < -0.4 is 16.1 Å². The van der Waals surface area contributed by atoms with Crippen molar-refractivity contribution in [3.8, 4) is 0 Å². The quantitative estimate of drug-likeness (QED) is 0.516. The number of fused-ring (bicyclic) bond motifs is 3. The lowest BCUT2D eigenvalue weighted by molar-refractivity contribution is 0.458. The van der Waals surface area contributed by atoms with E-state index in [2.05, 4.69) is 11.8 Å². The lowest BCUT2D eigenvalue weighted by Gasteiger charge is -2.32. The molecule has 7 nitrogen and oxygen atoms in total. The number of nitrogens with zero attached hydrogens (tertiary/aromatic N) is 5. The van der Waals surface area contributed by atoms with Crippen molar-refractivity contribution >= 4 is 22.8 Å². The molecule has 2 aromatic carbocycles. The molecule has 0 N–H and O–H groups in total. The van der Waals surface area contributed by atoms with Gasteiger partial charge in [0, 0.05) is 25.8 Å². The first-order chi connectivity index (χ1) is 14.9. The molecule has 0 amide bonds. The third-order valence-electron chi connectivity index (χ3n) is 5.93. The third-order valence-corrected chi connectivity index (χ3v) is 5.93. The molecule has 1 aliphatic heterocycles. The fourth-order valence-corrected chi connectivity index (χ4v) is 4.46. The molecule has 7 heteroatoms. The molecule has 0 spiro atoms. The van der Waals surface area contributed by atoms with Crippen molar-refractivity contribution in [1.82, 2.24) is 18.7 Å². The Morgan fingerprint density at radius 1 is 1.03 bits per heavy atom. The molecular formula is C24H25N5O2. The van der Waals surface area contributed by atoms with Gasteiger partial charge < -0.3 is 9.47 Å². The van der Waals surface area contributed by atoms with Crippen LogP contribution in [0.3, 0.4) is 0 Å². The summed E-state index contributed by atoms with van der Waals surface area (Å²) in [5, 5.41) is 0. The Balaban J connectivity index is 1.73. The number of imidazole rings is 1. The summed E-state index contributed by atoms with van der Waals surface area (Å²) in [5.41, 5.74) is 3.32. The van der Waals surface area contributed by atoms with Crippen LogP contribution in [-0.4, -0.2) is 25.2 Å². The number of aromatic nitrogens is 4. The van der Waals surface area contributed by atoms with E-state index in [1.165, 1.54) is 9.13 Å². The van der Waals surface area contributed by atoms with E-state index in [4.69, 9.17) is 4.98 Å². The molecule has 4 aromatic rings. The second-order valence-corrected chi connectivity index (χ2v) is 8.47. The number of benzene rings is 2. The second-order valence-electron chi connectivity index (χ2n) is 8.47. The summed E-state index contributed by atoms with van der Waals surface area (Å²) >= 11 is 0. The molecule has 1 atom stereocenters. The van der Waals surface area contributed by atoms with Gasteiger partial charge in [0.05, 0.1) is 6.54 Å². The first kappa shape index (κ1) is 19.4. The summed E-state index contributed by atoms with van der Waals surface area (Å²) in [4.78, 5) is 33.5. The van der Waals surface area contributed by atoms with Gasteiger partial charge in [0.15, 0.2) is 11.2 Å². The van der Waals surface area contributed by atoms with Crippen LogP contribution in [-0.2, 0) is 20.1 Å². The van der Waals surface area contributed by atoms with Gasteiger partial charge in [-0.2, -0.15) is 4.98 Å². The van der Waals surface area contributed by atoms with E-state index < -0.39 is 0 Å². The Bertz CT molecular complexity index is 1400. The predicted molar refractivity (Wildman–Crippen MR) is 122 cm³/mol. The number of anilines is 2. The Hall–Kier alpha value is -3.61. The summed E-state index contributed by atoms with van der Waals surface area (Å²) in [6.07, 6.45) is 0. The van der Waals surface area contributed by atoms with E-state index >= 15 is 0 Å². The summed E-state index contributed by atoms with van der Waals surface area (Å²) in [6, 6.07) is 17.9. The largest absolute Gasteiger partial charge is 0.332 e. The number of hydrogen-bond donors (Lipinski definition) is 0. The molecule has 0 unspecified atom stereocenters. The van der Waals surface area contributed by atoms with Gasteiger partial charge >= 0.3 is 5.69 Å². The van der Waals surface area contributed by atoms with Gasteiger partial charge in [-0.25, -0.2) is 4.79 Å². The minimum Gasteiger partial charge on any atom is -0.312 e. The standard InChI is InChI=1S/C24H25N5O2/c1-16-8-7-9-18(12-16)15-29-22(30)20-21(26(3)24(29)31)25-23-27(13-17(2)14-28(20)23)19-10-5-4-6-11-19/h4-12,17H,13-15H2,1-3H3/t17-/m1/s1. The lowest BCUT2D eigenvalue weighted by Crippen LogP contribution is -2.40. The Morgan fingerprint density at radius 3 is 2.55 bits per heavy atom. The summed E-state index contributed by atoms with van der Waals surface area (Å²) in [5.74, 6) is 1.03. The van der Waals surface area contributed by atoms with Gasteiger partial charge in [0.1, 0.15) is 0 Å². The number of hydrogen-bond acceptors (Lipinski definition) is 4. The van der Waals surface area contributed by atoms with Crippen LogP contribution in [0, 0.1) is 12.8 Å². The van der Waals surface area contributed by atoms with E-state index in [0.29, 0.717) is 29.6 Å². The first-order valence-electron chi connectivity index (χ1n) is 10.5. The molecule has 0 saturated carbocycles. The molecule has 31 heavy (non-hydrogen) atoms. The van der Waals surface area contributed by atoms with E-state index in [0.717, 1.165) is 23.4 Å². The molecule has 3 heterocycles. The van der Waals surface area contributed by atoms with Crippen molar-refractivity contribution in [3.63, 3.8) is 0 Å². The minimum atomic E-state index is -0.353. The highest BCUT2D eigenvalue weighted by Gasteiger charge is 2.29. The Morgan fingerprint density at radius 2 is 1.81 bits per heavy atom. The molecule has 0 fully saturated rings. The fourth-order valence-electron chi connectivity index (χ4n) is 4.46. The van der Waals surface area contributed by atoms with E-state index in [1.807, 2.05) is 66.1 Å². The number of aryl methyl sites for hydroxylation is 2. The maximum atomic E-state index is 13.5. The fraction of sp³-hybridized carbons (Fsp3) is 0.292. The minimum absolute atomic E-state index is 0.238. The van der Waals surface area contributed by atoms with E-state index in [9.17, 15) is 9.59 Å². The average Bonchev–Trinajstić information content (AvgIpc) is 3.15. The molecule has 0 aliphatic carbocycles. The van der Waals surface area contributed by atoms with Crippen molar-refractivity contribution in [2.75, 3.05) is 11.4 Å². The highest BCUT2D eigenvalue weighted by atomic mass is 16.2. The van der Waals surface area contributed by atoms with Crippen LogP contribution in [0.2, 0.25) is 0 Å². The van der Waals surface area contributed by atoms with Crippen LogP contribution in [0.25, 0.3) is 11.2 Å². The van der Waals surface area contributed by atoms with Gasteiger partial charge in [-0.15, -0.1) is 0 Å². The van der Waals surface area contributed by atoms with Gasteiger partial charge in [0.2, 0.25) is 5.95 Å². The number of para-hydroxylation sites is 1. The first-order valence-corrected chi connectivity index (χ1v) is 10.5. The maximum Gasteiger partial charge on any atom is 0.332 e. The van der Waals surface area contributed by atoms with Gasteiger partial charge in [0.25, 0.3) is 5.56 Å². The predicted octanol–water partition coefficient (Wildman–Crippen LogP) is 3.04. The van der Waals surface area contributed by atoms with Crippen molar-refractivity contribution < 1.29 is 0 Å². The SMILES string of the molecule is Cc1cccc(Cn2c(=O)c3c(nc4n3C[C@H](C)CN4c3ccccc3)n(C)c2=O)c1. The molecule has 0 radical (unpaired) electrons. The highest BCUT2D eigenvalue weighted by Crippen LogP contribution is 2.32. The van der Waals surface area contributed by atoms with Crippen LogP contribution >= 0.6 is 0 Å². The highest BCUT2D eigenvalue weighted by molar-refractivity contribution is 5.77. The summed E-state index contributed by atoms with van der Waals surface area (Å²) < 4.78 is 4.79. The van der Waals surface area contributed by atoms with Crippen molar-refractivity contribution in [2.24, 2.45) is 13.0 Å². The van der Waals surface area contributed by atoms with Crippen LogP contribution in [0.1, 0.15) is 18.1 Å². The smallest absolute Gasteiger partial charge is 0.312 e. The van der Waals surface area contributed by atoms with Crippen LogP contribution in [0.5, 0.6) is 0 Å². The van der Waals surface area contributed by atoms with Gasteiger partial charge in [-0.05, 0) is 30.5 Å². The Labute approximate surface area is 179 Å². The Kier molecular flexibility index (Phi) is 4.54. The van der Waals surface area contributed by atoms with Crippen molar-refractivity contribution in [1.29, 1.82) is 0 Å².